The minimum absolute atomic E-state index is 0.0815. The highest BCUT2D eigenvalue weighted by Gasteiger charge is 2.25. The quantitative estimate of drug-likeness (QED) is 0.750. The van der Waals surface area contributed by atoms with Gasteiger partial charge < -0.3 is 9.42 Å². The number of nitrogens with one attached hydrogen (secondary N) is 1. The molecule has 1 aliphatic rings. The van der Waals surface area contributed by atoms with Crippen LogP contribution in [-0.4, -0.2) is 56.8 Å². The maximum Gasteiger partial charge on any atom is 0.272 e. The topological polar surface area (TPSA) is 95.6 Å². The number of rotatable bonds is 4. The van der Waals surface area contributed by atoms with Gasteiger partial charge in [-0.3, -0.25) is 14.8 Å². The highest BCUT2D eigenvalue weighted by Crippen LogP contribution is 2.28. The molecule has 1 fully saturated rings. The molecule has 4 rings (SSSR count). The van der Waals surface area contributed by atoms with E-state index >= 15 is 0 Å². The van der Waals surface area contributed by atoms with Crippen molar-refractivity contribution in [3.63, 3.8) is 0 Å². The van der Waals surface area contributed by atoms with Crippen LogP contribution in [0.25, 0.3) is 5.65 Å². The van der Waals surface area contributed by atoms with Crippen LogP contribution in [0.4, 0.5) is 5.95 Å². The zero-order valence-electron chi connectivity index (χ0n) is 14.3. The standard InChI is InChI=1S/C16H21N7O2/c1-21(2)16-19-15(25-20-16)11-4-7-22(8-5-11)10-12-9-14(24)23-13(18-12)3-6-17-23/h3,6,9,11,17H,4-5,7-8,10H2,1-2H3. The van der Waals surface area contributed by atoms with Gasteiger partial charge in [0.2, 0.25) is 5.89 Å². The fraction of sp³-hybridized carbons (Fsp3) is 0.500. The Kier molecular flexibility index (Phi) is 4.00. The van der Waals surface area contributed by atoms with Crippen LogP contribution in [-0.2, 0) is 6.54 Å². The summed E-state index contributed by atoms with van der Waals surface area (Å²) in [6, 6.07) is 3.39. The lowest BCUT2D eigenvalue weighted by atomic mass is 9.96. The van der Waals surface area contributed by atoms with E-state index in [0.29, 0.717) is 29.9 Å². The molecule has 0 radical (unpaired) electrons. The van der Waals surface area contributed by atoms with Crippen LogP contribution >= 0.6 is 0 Å². The van der Waals surface area contributed by atoms with Gasteiger partial charge in [-0.15, -0.1) is 0 Å². The number of aromatic amines is 1. The van der Waals surface area contributed by atoms with Crippen molar-refractivity contribution in [2.75, 3.05) is 32.1 Å². The first-order valence-electron chi connectivity index (χ1n) is 8.39. The van der Waals surface area contributed by atoms with Gasteiger partial charge in [0.1, 0.15) is 0 Å². The molecule has 1 N–H and O–H groups in total. The number of hydrogen-bond acceptors (Lipinski definition) is 7. The maximum absolute atomic E-state index is 12.0. The fourth-order valence-electron chi connectivity index (χ4n) is 3.20. The summed E-state index contributed by atoms with van der Waals surface area (Å²) in [6.07, 6.45) is 3.63. The lowest BCUT2D eigenvalue weighted by molar-refractivity contribution is 0.186. The summed E-state index contributed by atoms with van der Waals surface area (Å²) in [5.41, 5.74) is 1.37. The van der Waals surface area contributed by atoms with Crippen molar-refractivity contribution < 1.29 is 4.52 Å². The average molecular weight is 343 g/mol. The molecular weight excluding hydrogens is 322 g/mol. The molecule has 0 bridgehead atoms. The van der Waals surface area contributed by atoms with Crippen LogP contribution in [0.3, 0.4) is 0 Å². The van der Waals surface area contributed by atoms with Crippen molar-refractivity contribution >= 4 is 11.6 Å². The van der Waals surface area contributed by atoms with E-state index in [1.807, 2.05) is 19.0 Å². The molecule has 3 aromatic rings. The second-order valence-electron chi connectivity index (χ2n) is 6.62. The number of likely N-dealkylation sites (tertiary alicyclic amines) is 1. The number of nitrogens with zero attached hydrogens (tertiary/aromatic N) is 6. The van der Waals surface area contributed by atoms with Crippen molar-refractivity contribution in [3.05, 3.63) is 40.3 Å². The Morgan fingerprint density at radius 2 is 2.12 bits per heavy atom. The molecule has 0 saturated carbocycles. The van der Waals surface area contributed by atoms with E-state index in [1.54, 1.807) is 18.3 Å². The van der Waals surface area contributed by atoms with Crippen molar-refractivity contribution in [1.29, 1.82) is 0 Å². The van der Waals surface area contributed by atoms with Crippen molar-refractivity contribution in [3.8, 4) is 0 Å². The summed E-state index contributed by atoms with van der Waals surface area (Å²) in [4.78, 5) is 25.2. The van der Waals surface area contributed by atoms with Gasteiger partial charge in [0.15, 0.2) is 5.65 Å². The molecule has 4 heterocycles. The zero-order chi connectivity index (χ0) is 17.4. The first kappa shape index (κ1) is 15.8. The second-order valence-corrected chi connectivity index (χ2v) is 6.62. The molecule has 0 aromatic carbocycles. The first-order valence-corrected chi connectivity index (χ1v) is 8.39. The van der Waals surface area contributed by atoms with Crippen molar-refractivity contribution in [2.24, 2.45) is 0 Å². The van der Waals surface area contributed by atoms with E-state index in [-0.39, 0.29) is 5.56 Å². The number of aromatic nitrogens is 5. The first-order chi connectivity index (χ1) is 12.1. The number of anilines is 1. The van der Waals surface area contributed by atoms with E-state index in [1.165, 1.54) is 4.52 Å². The Bertz CT molecular complexity index is 918. The molecule has 0 atom stereocenters. The minimum Gasteiger partial charge on any atom is -0.344 e. The number of fused-ring (bicyclic) bond motifs is 1. The van der Waals surface area contributed by atoms with Crippen LogP contribution in [0.15, 0.2) is 27.6 Å². The van der Waals surface area contributed by atoms with Gasteiger partial charge in [-0.25, -0.2) is 9.50 Å². The van der Waals surface area contributed by atoms with Crippen LogP contribution in [0.5, 0.6) is 0 Å². The largest absolute Gasteiger partial charge is 0.344 e. The SMILES string of the molecule is CN(C)c1noc(C2CCN(Cc3cc(=O)n4[nH]ccc4n3)CC2)n1. The highest BCUT2D eigenvalue weighted by atomic mass is 16.5. The van der Waals surface area contributed by atoms with Gasteiger partial charge in [-0.05, 0) is 31.1 Å². The second kappa shape index (κ2) is 6.32. The van der Waals surface area contributed by atoms with Gasteiger partial charge >= 0.3 is 0 Å². The highest BCUT2D eigenvalue weighted by molar-refractivity contribution is 5.36. The molecule has 1 saturated heterocycles. The molecule has 132 valence electrons. The fourth-order valence-corrected chi connectivity index (χ4v) is 3.20. The molecule has 9 nitrogen and oxygen atoms in total. The normalized spacial score (nSPS) is 16.6. The van der Waals surface area contributed by atoms with Crippen molar-refractivity contribution in [2.45, 2.75) is 25.3 Å². The summed E-state index contributed by atoms with van der Waals surface area (Å²) in [5, 5.41) is 6.84. The van der Waals surface area contributed by atoms with Crippen molar-refractivity contribution in [1.82, 2.24) is 29.6 Å². The predicted octanol–water partition coefficient (Wildman–Crippen LogP) is 0.851. The van der Waals surface area contributed by atoms with Crippen LogP contribution in [0.1, 0.15) is 30.3 Å². The molecule has 25 heavy (non-hydrogen) atoms. The monoisotopic (exact) mass is 343 g/mol. The Labute approximate surface area is 144 Å². The third kappa shape index (κ3) is 3.14. The number of H-pyrrole nitrogens is 1. The summed E-state index contributed by atoms with van der Waals surface area (Å²) in [6.45, 7) is 2.51. The number of hydrogen-bond donors (Lipinski definition) is 1. The van der Waals surface area contributed by atoms with Crippen LogP contribution in [0.2, 0.25) is 0 Å². The van der Waals surface area contributed by atoms with Gasteiger partial charge in [0.25, 0.3) is 11.5 Å². The zero-order valence-corrected chi connectivity index (χ0v) is 14.3. The average Bonchev–Trinajstić information content (AvgIpc) is 3.25. The summed E-state index contributed by atoms with van der Waals surface area (Å²) < 4.78 is 6.83. The van der Waals surface area contributed by atoms with E-state index in [0.717, 1.165) is 31.6 Å². The van der Waals surface area contributed by atoms with E-state index in [2.05, 4.69) is 25.1 Å². The smallest absolute Gasteiger partial charge is 0.272 e. The molecule has 0 aliphatic carbocycles. The summed E-state index contributed by atoms with van der Waals surface area (Å²) in [5.74, 6) is 1.62. The molecule has 1 aliphatic heterocycles. The predicted molar refractivity (Wildman–Crippen MR) is 91.7 cm³/mol. The minimum atomic E-state index is -0.0815. The summed E-state index contributed by atoms with van der Waals surface area (Å²) >= 11 is 0. The maximum atomic E-state index is 12.0. The molecule has 0 spiro atoms. The Hall–Kier alpha value is -2.68. The van der Waals surface area contributed by atoms with Crippen LogP contribution in [0, 0.1) is 0 Å². The Balaban J connectivity index is 1.40. The lowest BCUT2D eigenvalue weighted by Crippen LogP contribution is -2.33. The number of piperidine rings is 1. The van der Waals surface area contributed by atoms with E-state index in [4.69, 9.17) is 4.52 Å². The van der Waals surface area contributed by atoms with Gasteiger partial charge in [-0.1, -0.05) is 0 Å². The Morgan fingerprint density at radius 1 is 1.32 bits per heavy atom. The molecule has 3 aromatic heterocycles. The molecule has 9 heteroatoms. The van der Waals surface area contributed by atoms with E-state index in [9.17, 15) is 4.79 Å². The van der Waals surface area contributed by atoms with Gasteiger partial charge in [0.05, 0.1) is 5.69 Å². The third-order valence-electron chi connectivity index (χ3n) is 4.59. The molecule has 0 unspecified atom stereocenters. The molecular formula is C16H21N7O2. The third-order valence-corrected chi connectivity index (χ3v) is 4.59. The Morgan fingerprint density at radius 3 is 2.84 bits per heavy atom. The van der Waals surface area contributed by atoms with Gasteiger partial charge in [0, 0.05) is 44.9 Å². The lowest BCUT2D eigenvalue weighted by Gasteiger charge is -2.29. The van der Waals surface area contributed by atoms with E-state index < -0.39 is 0 Å². The van der Waals surface area contributed by atoms with Crippen LogP contribution < -0.4 is 10.5 Å². The molecule has 0 amide bonds. The van der Waals surface area contributed by atoms with Gasteiger partial charge in [-0.2, -0.15) is 4.98 Å². The summed E-state index contributed by atoms with van der Waals surface area (Å²) in [7, 11) is 3.79.